The predicted molar refractivity (Wildman–Crippen MR) is 101 cm³/mol. The minimum atomic E-state index is -0.0818. The van der Waals surface area contributed by atoms with Gasteiger partial charge >= 0.3 is 0 Å². The highest BCUT2D eigenvalue weighted by Crippen LogP contribution is 2.17. The Morgan fingerprint density at radius 1 is 1.08 bits per heavy atom. The van der Waals surface area contributed by atoms with Gasteiger partial charge in [-0.1, -0.05) is 48.0 Å². The number of carbonyl (C=O) groups is 1. The van der Waals surface area contributed by atoms with E-state index in [1.54, 1.807) is 6.08 Å². The zero-order valence-electron chi connectivity index (χ0n) is 14.7. The molecule has 0 spiro atoms. The van der Waals surface area contributed by atoms with Crippen molar-refractivity contribution in [3.63, 3.8) is 0 Å². The van der Waals surface area contributed by atoms with Gasteiger partial charge in [-0.2, -0.15) is 0 Å². The number of hydrogen-bond donors (Lipinski definition) is 1. The number of carbonyl (C=O) groups excluding carboxylic acids is 1. The lowest BCUT2D eigenvalue weighted by Gasteiger charge is -2.10. The number of fused-ring (bicyclic) bond motifs is 1. The summed E-state index contributed by atoms with van der Waals surface area (Å²) >= 11 is 0. The molecule has 128 valence electrons. The number of nitrogens with one attached hydrogen (secondary N) is 1. The van der Waals surface area contributed by atoms with Gasteiger partial charge in [-0.05, 0) is 38.0 Å². The summed E-state index contributed by atoms with van der Waals surface area (Å²) in [5, 5.41) is 2.93. The molecule has 0 aliphatic carbocycles. The molecule has 0 radical (unpaired) electrons. The monoisotopic (exact) mass is 333 g/mol. The van der Waals surface area contributed by atoms with Gasteiger partial charge in [0.15, 0.2) is 0 Å². The third-order valence-corrected chi connectivity index (χ3v) is 4.04. The van der Waals surface area contributed by atoms with Gasteiger partial charge in [0, 0.05) is 12.6 Å². The van der Waals surface area contributed by atoms with Crippen molar-refractivity contribution in [1.29, 1.82) is 0 Å². The average Bonchev–Trinajstić information content (AvgIpc) is 2.96. The molecule has 25 heavy (non-hydrogen) atoms. The topological polar surface area (TPSA) is 46.9 Å². The Hall–Kier alpha value is -2.88. The first-order chi connectivity index (χ1) is 12.1. The smallest absolute Gasteiger partial charge is 0.244 e. The van der Waals surface area contributed by atoms with Crippen LogP contribution in [0, 0.1) is 0 Å². The van der Waals surface area contributed by atoms with Gasteiger partial charge in [-0.25, -0.2) is 4.98 Å². The van der Waals surface area contributed by atoms with E-state index in [1.165, 1.54) is 5.56 Å². The molecule has 0 aliphatic heterocycles. The van der Waals surface area contributed by atoms with Crippen LogP contribution in [0.1, 0.15) is 25.2 Å². The highest BCUT2D eigenvalue weighted by molar-refractivity contribution is 5.88. The van der Waals surface area contributed by atoms with Crippen LogP contribution in [0.3, 0.4) is 0 Å². The van der Waals surface area contributed by atoms with Crippen molar-refractivity contribution < 1.29 is 4.79 Å². The molecule has 0 saturated carbocycles. The maximum absolute atomic E-state index is 11.9. The van der Waals surface area contributed by atoms with Crippen LogP contribution in [0.25, 0.3) is 11.0 Å². The van der Waals surface area contributed by atoms with Gasteiger partial charge in [0.2, 0.25) is 5.91 Å². The van der Waals surface area contributed by atoms with E-state index >= 15 is 0 Å². The first kappa shape index (κ1) is 17.0. The maximum atomic E-state index is 11.9. The van der Waals surface area contributed by atoms with Crippen LogP contribution in [-0.4, -0.2) is 15.5 Å². The largest absolute Gasteiger partial charge is 0.345 e. The fourth-order valence-electron chi connectivity index (χ4n) is 2.87. The summed E-state index contributed by atoms with van der Waals surface area (Å²) in [6.45, 7) is 5.08. The van der Waals surface area contributed by atoms with Gasteiger partial charge in [0.1, 0.15) is 5.82 Å². The summed E-state index contributed by atoms with van der Waals surface area (Å²) in [6.07, 6.45) is 2.53. The second-order valence-electron chi connectivity index (χ2n) is 6.34. The van der Waals surface area contributed by atoms with Gasteiger partial charge in [0.05, 0.1) is 17.6 Å². The molecule has 1 N–H and O–H groups in total. The number of aromatic nitrogens is 2. The maximum Gasteiger partial charge on any atom is 0.244 e. The number of amides is 1. The molecule has 3 rings (SSSR count). The van der Waals surface area contributed by atoms with Crippen molar-refractivity contribution in [2.75, 3.05) is 0 Å². The highest BCUT2D eigenvalue weighted by atomic mass is 16.1. The summed E-state index contributed by atoms with van der Waals surface area (Å²) in [6, 6.07) is 18.5. The molecule has 2 aromatic carbocycles. The minimum absolute atomic E-state index is 0.0818. The van der Waals surface area contributed by atoms with Crippen LogP contribution in [-0.2, 0) is 24.3 Å². The number of nitrogens with zero attached hydrogens (tertiary/aromatic N) is 2. The van der Waals surface area contributed by atoms with Crippen molar-refractivity contribution in [1.82, 2.24) is 14.9 Å². The fourth-order valence-corrected chi connectivity index (χ4v) is 2.87. The molecule has 1 aromatic heterocycles. The molecule has 3 aromatic rings. The second kappa shape index (κ2) is 7.79. The van der Waals surface area contributed by atoms with Crippen molar-refractivity contribution in [3.05, 3.63) is 77.6 Å². The average molecular weight is 333 g/mol. The SMILES string of the molecule is CC(C)=CC(=O)NCc1nc2ccccc2n1CCc1ccccc1. The molecule has 1 heterocycles. The van der Waals surface area contributed by atoms with Crippen LogP contribution in [0.4, 0.5) is 0 Å². The highest BCUT2D eigenvalue weighted by Gasteiger charge is 2.11. The lowest BCUT2D eigenvalue weighted by Crippen LogP contribution is -2.23. The Kier molecular flexibility index (Phi) is 5.29. The number of allylic oxidation sites excluding steroid dienone is 1. The Morgan fingerprint density at radius 2 is 1.80 bits per heavy atom. The fraction of sp³-hybridized carbons (Fsp3) is 0.238. The quantitative estimate of drug-likeness (QED) is 0.696. The summed E-state index contributed by atoms with van der Waals surface area (Å²) < 4.78 is 2.20. The number of rotatable bonds is 6. The van der Waals surface area contributed by atoms with E-state index in [1.807, 2.05) is 38.1 Å². The van der Waals surface area contributed by atoms with Crippen LogP contribution in [0.2, 0.25) is 0 Å². The second-order valence-corrected chi connectivity index (χ2v) is 6.34. The lowest BCUT2D eigenvalue weighted by molar-refractivity contribution is -0.116. The molecule has 0 bridgehead atoms. The minimum Gasteiger partial charge on any atom is -0.345 e. The zero-order valence-corrected chi connectivity index (χ0v) is 14.7. The Balaban J connectivity index is 1.82. The van der Waals surface area contributed by atoms with Crippen LogP contribution >= 0.6 is 0 Å². The Morgan fingerprint density at radius 3 is 2.56 bits per heavy atom. The number of hydrogen-bond acceptors (Lipinski definition) is 2. The van der Waals surface area contributed by atoms with E-state index in [0.29, 0.717) is 6.54 Å². The van der Waals surface area contributed by atoms with Crippen molar-refractivity contribution in [3.8, 4) is 0 Å². The molecule has 0 unspecified atom stereocenters. The van der Waals surface area contributed by atoms with Gasteiger partial charge in [0.25, 0.3) is 0 Å². The lowest BCUT2D eigenvalue weighted by atomic mass is 10.1. The number of benzene rings is 2. The molecule has 4 heteroatoms. The standard InChI is InChI=1S/C21H23N3O/c1-16(2)14-21(25)22-15-20-23-18-10-6-7-11-19(18)24(20)13-12-17-8-4-3-5-9-17/h3-11,14H,12-13,15H2,1-2H3,(H,22,25). The summed E-state index contributed by atoms with van der Waals surface area (Å²) in [5.41, 5.74) is 4.34. The van der Waals surface area contributed by atoms with Crippen LogP contribution in [0.15, 0.2) is 66.2 Å². The van der Waals surface area contributed by atoms with E-state index in [0.717, 1.165) is 35.4 Å². The Labute approximate surface area is 148 Å². The van der Waals surface area contributed by atoms with Crippen molar-refractivity contribution in [2.45, 2.75) is 33.4 Å². The Bertz CT molecular complexity index is 890. The summed E-state index contributed by atoms with van der Waals surface area (Å²) in [4.78, 5) is 16.6. The molecule has 0 atom stereocenters. The molecular weight excluding hydrogens is 310 g/mol. The van der Waals surface area contributed by atoms with Crippen molar-refractivity contribution >= 4 is 16.9 Å². The van der Waals surface area contributed by atoms with E-state index in [2.05, 4.69) is 40.2 Å². The number of aryl methyl sites for hydroxylation is 2. The number of imidazole rings is 1. The first-order valence-electron chi connectivity index (χ1n) is 8.54. The van der Waals surface area contributed by atoms with E-state index in [4.69, 9.17) is 4.98 Å². The molecular formula is C21H23N3O. The van der Waals surface area contributed by atoms with Crippen LogP contribution in [0.5, 0.6) is 0 Å². The molecule has 0 saturated heterocycles. The van der Waals surface area contributed by atoms with E-state index < -0.39 is 0 Å². The van der Waals surface area contributed by atoms with Crippen molar-refractivity contribution in [2.24, 2.45) is 0 Å². The first-order valence-corrected chi connectivity index (χ1v) is 8.54. The van der Waals surface area contributed by atoms with E-state index in [9.17, 15) is 4.79 Å². The van der Waals surface area contributed by atoms with Gasteiger partial charge in [-0.3, -0.25) is 4.79 Å². The third kappa shape index (κ3) is 4.35. The summed E-state index contributed by atoms with van der Waals surface area (Å²) in [5.74, 6) is 0.800. The van der Waals surface area contributed by atoms with Gasteiger partial charge in [-0.15, -0.1) is 0 Å². The van der Waals surface area contributed by atoms with Gasteiger partial charge < -0.3 is 9.88 Å². The van der Waals surface area contributed by atoms with E-state index in [-0.39, 0.29) is 5.91 Å². The molecule has 0 fully saturated rings. The molecule has 4 nitrogen and oxygen atoms in total. The summed E-state index contributed by atoms with van der Waals surface area (Å²) in [7, 11) is 0. The predicted octanol–water partition coefficient (Wildman–Crippen LogP) is 3.86. The number of para-hydroxylation sites is 2. The zero-order chi connectivity index (χ0) is 17.6. The van der Waals surface area contributed by atoms with Crippen LogP contribution < -0.4 is 5.32 Å². The molecule has 0 aliphatic rings. The molecule has 1 amide bonds. The third-order valence-electron chi connectivity index (χ3n) is 4.04. The normalized spacial score (nSPS) is 10.6.